The van der Waals surface area contributed by atoms with E-state index in [1.165, 1.54) is 0 Å². The van der Waals surface area contributed by atoms with E-state index in [1.807, 2.05) is 49.4 Å². The summed E-state index contributed by atoms with van der Waals surface area (Å²) in [7, 11) is 0. The van der Waals surface area contributed by atoms with Crippen LogP contribution in [0.3, 0.4) is 0 Å². The van der Waals surface area contributed by atoms with Gasteiger partial charge in [-0.1, -0.05) is 30.3 Å². The number of hydroxylamine groups is 1. The zero-order valence-corrected chi connectivity index (χ0v) is 15.9. The Hall–Kier alpha value is -2.86. The third kappa shape index (κ3) is 4.17. The number of amides is 1. The van der Waals surface area contributed by atoms with Crippen LogP contribution in [0.15, 0.2) is 54.6 Å². The molecule has 0 aromatic heterocycles. The van der Waals surface area contributed by atoms with Crippen molar-refractivity contribution in [3.05, 3.63) is 60.2 Å². The minimum absolute atomic E-state index is 0.314. The first-order chi connectivity index (χ1) is 13.6. The number of para-hydroxylation sites is 1. The van der Waals surface area contributed by atoms with E-state index in [9.17, 15) is 9.59 Å². The summed E-state index contributed by atoms with van der Waals surface area (Å²) in [6.07, 6.45) is 1.91. The van der Waals surface area contributed by atoms with Gasteiger partial charge in [0.05, 0.1) is 12.0 Å². The molecule has 0 heterocycles. The fourth-order valence-corrected chi connectivity index (χ4v) is 3.80. The average Bonchev–Trinajstić information content (AvgIpc) is 2.74. The first-order valence-electron chi connectivity index (χ1n) is 9.53. The number of hydrogen-bond acceptors (Lipinski definition) is 5. The minimum atomic E-state index is -0.840. The highest BCUT2D eigenvalue weighted by Crippen LogP contribution is 2.43. The van der Waals surface area contributed by atoms with Gasteiger partial charge in [-0.15, -0.1) is 0 Å². The quantitative estimate of drug-likeness (QED) is 0.344. The summed E-state index contributed by atoms with van der Waals surface area (Å²) < 4.78 is 11.2. The number of carbonyl (C=O) groups excluding carboxylic acids is 2. The third-order valence-corrected chi connectivity index (χ3v) is 5.38. The monoisotopic (exact) mass is 383 g/mol. The zero-order chi connectivity index (χ0) is 20.0. The summed E-state index contributed by atoms with van der Waals surface area (Å²) in [5.41, 5.74) is 1.73. The van der Waals surface area contributed by atoms with Crippen LogP contribution >= 0.6 is 0 Å². The molecule has 1 amide bonds. The number of esters is 1. The van der Waals surface area contributed by atoms with Gasteiger partial charge >= 0.3 is 5.97 Å². The topological polar surface area (TPSA) is 84.9 Å². The molecule has 6 heteroatoms. The van der Waals surface area contributed by atoms with E-state index < -0.39 is 11.3 Å². The van der Waals surface area contributed by atoms with Gasteiger partial charge in [0.1, 0.15) is 11.5 Å². The van der Waals surface area contributed by atoms with Crippen LogP contribution in [0, 0.1) is 5.92 Å². The van der Waals surface area contributed by atoms with Crippen molar-refractivity contribution in [2.24, 2.45) is 5.92 Å². The zero-order valence-electron chi connectivity index (χ0n) is 15.9. The number of ether oxygens (including phenoxy) is 2. The Bertz CT molecular complexity index is 795. The number of hydrogen-bond donors (Lipinski definition) is 2. The molecule has 0 atom stereocenters. The molecule has 6 nitrogen and oxygen atoms in total. The predicted molar refractivity (Wildman–Crippen MR) is 103 cm³/mol. The number of rotatable bonds is 6. The largest absolute Gasteiger partial charge is 0.494 e. The second kappa shape index (κ2) is 8.89. The Kier molecular flexibility index (Phi) is 6.31. The summed E-state index contributed by atoms with van der Waals surface area (Å²) in [4.78, 5) is 25.0. The van der Waals surface area contributed by atoms with Gasteiger partial charge in [0.25, 0.3) is 0 Å². The lowest BCUT2D eigenvalue weighted by molar-refractivity contribution is -0.145. The summed E-state index contributed by atoms with van der Waals surface area (Å²) in [6, 6.07) is 16.5. The van der Waals surface area contributed by atoms with Crippen LogP contribution in [-0.4, -0.2) is 23.7 Å². The Morgan fingerprint density at radius 1 is 1.04 bits per heavy atom. The third-order valence-electron chi connectivity index (χ3n) is 5.38. The Morgan fingerprint density at radius 3 is 2.25 bits per heavy atom. The lowest BCUT2D eigenvalue weighted by Crippen LogP contribution is -2.44. The molecule has 2 aromatic rings. The summed E-state index contributed by atoms with van der Waals surface area (Å²) in [5, 5.41) is 8.91. The molecule has 0 radical (unpaired) electrons. The maximum Gasteiger partial charge on any atom is 0.321 e. The van der Waals surface area contributed by atoms with Crippen LogP contribution in [0.2, 0.25) is 0 Å². The van der Waals surface area contributed by atoms with Crippen molar-refractivity contribution in [3.8, 4) is 11.5 Å². The molecule has 0 aliphatic heterocycles. The smallest absolute Gasteiger partial charge is 0.321 e. The first-order valence-corrected chi connectivity index (χ1v) is 9.53. The second-order valence-electron chi connectivity index (χ2n) is 6.99. The molecule has 28 heavy (non-hydrogen) atoms. The molecule has 0 unspecified atom stereocenters. The van der Waals surface area contributed by atoms with Crippen LogP contribution < -0.4 is 15.0 Å². The molecule has 148 valence electrons. The molecule has 1 fully saturated rings. The summed E-state index contributed by atoms with van der Waals surface area (Å²) >= 11 is 0. The van der Waals surface area contributed by atoms with Gasteiger partial charge in [-0.3, -0.25) is 14.8 Å². The van der Waals surface area contributed by atoms with Gasteiger partial charge in [-0.05, 0) is 62.4 Å². The SMILES string of the molecule is CCOc1ccc(C2(C(=O)Oc3ccccc3)CCC(C(=O)NO)CC2)cc1. The highest BCUT2D eigenvalue weighted by Gasteiger charge is 2.46. The molecule has 2 N–H and O–H groups in total. The van der Waals surface area contributed by atoms with Crippen LogP contribution in [0.5, 0.6) is 11.5 Å². The van der Waals surface area contributed by atoms with Crippen LogP contribution in [-0.2, 0) is 15.0 Å². The molecule has 1 aliphatic carbocycles. The van der Waals surface area contributed by atoms with Crippen molar-refractivity contribution in [1.29, 1.82) is 0 Å². The van der Waals surface area contributed by atoms with E-state index in [2.05, 4.69) is 0 Å². The Balaban J connectivity index is 1.88. The fourth-order valence-electron chi connectivity index (χ4n) is 3.80. The molecule has 1 saturated carbocycles. The van der Waals surface area contributed by atoms with Gasteiger partial charge in [0, 0.05) is 5.92 Å². The van der Waals surface area contributed by atoms with Crippen molar-refractivity contribution in [2.75, 3.05) is 6.61 Å². The Labute approximate surface area is 164 Å². The van der Waals surface area contributed by atoms with Gasteiger partial charge in [-0.25, -0.2) is 5.48 Å². The van der Waals surface area contributed by atoms with Crippen LogP contribution in [0.25, 0.3) is 0 Å². The highest BCUT2D eigenvalue weighted by molar-refractivity contribution is 5.86. The van der Waals surface area contributed by atoms with Crippen LogP contribution in [0.1, 0.15) is 38.2 Å². The lowest BCUT2D eigenvalue weighted by Gasteiger charge is -2.37. The van der Waals surface area contributed by atoms with E-state index in [0.29, 0.717) is 38.0 Å². The van der Waals surface area contributed by atoms with Crippen molar-refractivity contribution >= 4 is 11.9 Å². The van der Waals surface area contributed by atoms with E-state index in [0.717, 1.165) is 11.3 Å². The van der Waals surface area contributed by atoms with Crippen molar-refractivity contribution < 1.29 is 24.3 Å². The second-order valence-corrected chi connectivity index (χ2v) is 6.99. The molecule has 0 spiro atoms. The Morgan fingerprint density at radius 2 is 1.68 bits per heavy atom. The van der Waals surface area contributed by atoms with Crippen molar-refractivity contribution in [3.63, 3.8) is 0 Å². The minimum Gasteiger partial charge on any atom is -0.494 e. The van der Waals surface area contributed by atoms with Gasteiger partial charge in [0.15, 0.2) is 0 Å². The molecule has 2 aromatic carbocycles. The number of carbonyl (C=O) groups is 2. The normalized spacial score (nSPS) is 21.6. The van der Waals surface area contributed by atoms with E-state index in [-0.39, 0.29) is 11.9 Å². The van der Waals surface area contributed by atoms with E-state index in [1.54, 1.807) is 17.6 Å². The molecule has 3 rings (SSSR count). The highest BCUT2D eigenvalue weighted by atomic mass is 16.5. The number of nitrogens with one attached hydrogen (secondary N) is 1. The van der Waals surface area contributed by atoms with Crippen molar-refractivity contribution in [2.45, 2.75) is 38.0 Å². The molecule has 0 bridgehead atoms. The van der Waals surface area contributed by atoms with Gasteiger partial charge in [-0.2, -0.15) is 0 Å². The maximum absolute atomic E-state index is 13.2. The molecular weight excluding hydrogens is 358 g/mol. The lowest BCUT2D eigenvalue weighted by atomic mass is 9.66. The first kappa shape index (κ1) is 19.9. The molecule has 0 saturated heterocycles. The molecular formula is C22H25NO5. The van der Waals surface area contributed by atoms with Gasteiger partial charge in [0.2, 0.25) is 5.91 Å². The maximum atomic E-state index is 13.2. The standard InChI is InChI=1S/C22H25NO5/c1-2-27-18-10-8-17(9-11-18)22(14-12-16(13-15-22)20(24)23-26)21(25)28-19-6-4-3-5-7-19/h3-11,16,26H,2,12-15H2,1H3,(H,23,24). The van der Waals surface area contributed by atoms with E-state index in [4.69, 9.17) is 14.7 Å². The summed E-state index contributed by atoms with van der Waals surface area (Å²) in [5.74, 6) is 0.187. The number of benzene rings is 2. The van der Waals surface area contributed by atoms with E-state index >= 15 is 0 Å². The molecule has 1 aliphatic rings. The average molecular weight is 383 g/mol. The van der Waals surface area contributed by atoms with Crippen LogP contribution in [0.4, 0.5) is 0 Å². The predicted octanol–water partition coefficient (Wildman–Crippen LogP) is 3.62. The summed E-state index contributed by atoms with van der Waals surface area (Å²) in [6.45, 7) is 2.48. The van der Waals surface area contributed by atoms with Gasteiger partial charge < -0.3 is 9.47 Å². The fraction of sp³-hybridized carbons (Fsp3) is 0.364. The van der Waals surface area contributed by atoms with Crippen molar-refractivity contribution in [1.82, 2.24) is 5.48 Å².